The number of hydrogen-bond acceptors (Lipinski definition) is 3. The molecular formula is C39H34N4OPt. The van der Waals surface area contributed by atoms with Gasteiger partial charge in [-0.25, -0.2) is 4.98 Å². The summed E-state index contributed by atoms with van der Waals surface area (Å²) in [5.41, 5.74) is 11.8. The first kappa shape index (κ1) is 30.6. The fourth-order valence-electron chi connectivity index (χ4n) is 6.48. The van der Waals surface area contributed by atoms with E-state index in [1.165, 1.54) is 27.8 Å². The Hall–Kier alpha value is -4.47. The van der Waals surface area contributed by atoms with Gasteiger partial charge in [0.15, 0.2) is 0 Å². The van der Waals surface area contributed by atoms with Crippen molar-refractivity contribution in [2.24, 2.45) is 0 Å². The second-order valence-corrected chi connectivity index (χ2v) is 11.4. The zero-order chi connectivity index (χ0) is 30.4. The standard InChI is InChI=1S/C39H34N4O.Pt/c1-6-32-26(4)20-27(5)33(7-2)39(32)28-23-41-42(24-28)29-11-10-12-30(21-29)44-31-15-16-35-34-13-8-9-14-36(34)43(37(35)22-31)38-19-25(3)17-18-40-38;/h8-20,23-24H,6-7H2,1-5H3;/q-2;+2. The molecule has 0 aliphatic rings. The molecule has 0 amide bonds. The van der Waals surface area contributed by atoms with Crippen LogP contribution in [0.2, 0.25) is 0 Å². The van der Waals surface area contributed by atoms with Crippen LogP contribution in [0, 0.1) is 32.9 Å². The van der Waals surface area contributed by atoms with Crippen LogP contribution in [0.15, 0.2) is 91.4 Å². The van der Waals surface area contributed by atoms with Crippen LogP contribution in [0.25, 0.3) is 44.4 Å². The van der Waals surface area contributed by atoms with E-state index in [9.17, 15) is 0 Å². The van der Waals surface area contributed by atoms with Crippen LogP contribution >= 0.6 is 0 Å². The van der Waals surface area contributed by atoms with Gasteiger partial charge in [0.1, 0.15) is 5.82 Å². The van der Waals surface area contributed by atoms with Crippen LogP contribution in [-0.2, 0) is 33.9 Å². The Bertz CT molecular complexity index is 2150. The molecule has 7 aromatic rings. The zero-order valence-electron chi connectivity index (χ0n) is 26.1. The molecule has 3 heterocycles. The summed E-state index contributed by atoms with van der Waals surface area (Å²) in [5.74, 6) is 2.06. The number of fused-ring (bicyclic) bond motifs is 3. The number of benzene rings is 4. The van der Waals surface area contributed by atoms with E-state index < -0.39 is 0 Å². The summed E-state index contributed by atoms with van der Waals surface area (Å²) >= 11 is 0. The SMILES string of the molecule is CCc1c(C)cc(C)c(CC)c1-c1cnn(-c2[c-]c(Oc3[c-]c4c(cc3)c3ccccc3n4-c3cc(C)ccn3)ccc2)c1.[Pt+2]. The fraction of sp³-hybridized carbons (Fsp3) is 0.179. The average molecular weight is 770 g/mol. The Morgan fingerprint density at radius 1 is 0.778 bits per heavy atom. The van der Waals surface area contributed by atoms with Gasteiger partial charge in [0.05, 0.1) is 6.20 Å². The van der Waals surface area contributed by atoms with Gasteiger partial charge in [-0.3, -0.25) is 4.68 Å². The van der Waals surface area contributed by atoms with Gasteiger partial charge in [0.2, 0.25) is 0 Å². The second-order valence-electron chi connectivity index (χ2n) is 11.4. The summed E-state index contributed by atoms with van der Waals surface area (Å²) in [4.78, 5) is 4.68. The van der Waals surface area contributed by atoms with Crippen molar-refractivity contribution in [1.82, 2.24) is 19.3 Å². The quantitative estimate of drug-likeness (QED) is 0.152. The van der Waals surface area contributed by atoms with Gasteiger partial charge in [-0.1, -0.05) is 43.6 Å². The van der Waals surface area contributed by atoms with Crippen LogP contribution in [0.5, 0.6) is 11.5 Å². The average Bonchev–Trinajstić information content (AvgIpc) is 3.64. The van der Waals surface area contributed by atoms with Gasteiger partial charge in [-0.15, -0.1) is 35.7 Å². The number of aryl methyl sites for hydroxylation is 3. The number of aromatic nitrogens is 4. The van der Waals surface area contributed by atoms with Gasteiger partial charge in [-0.05, 0) is 96.3 Å². The predicted octanol–water partition coefficient (Wildman–Crippen LogP) is 9.47. The van der Waals surface area contributed by atoms with Gasteiger partial charge < -0.3 is 9.30 Å². The first-order valence-electron chi connectivity index (χ1n) is 15.2. The van der Waals surface area contributed by atoms with Crippen molar-refractivity contribution >= 4 is 21.8 Å². The van der Waals surface area contributed by atoms with Crippen LogP contribution < -0.4 is 4.74 Å². The molecule has 0 saturated heterocycles. The third kappa shape index (κ3) is 5.51. The largest absolute Gasteiger partial charge is 2.00 e. The molecule has 0 unspecified atom stereocenters. The van der Waals surface area contributed by atoms with Crippen LogP contribution in [0.4, 0.5) is 0 Å². The van der Waals surface area contributed by atoms with Crippen molar-refractivity contribution in [2.75, 3.05) is 0 Å². The molecule has 4 aromatic carbocycles. The summed E-state index contributed by atoms with van der Waals surface area (Å²) in [6.07, 6.45) is 7.88. The molecule has 0 saturated carbocycles. The Morgan fingerprint density at radius 2 is 1.53 bits per heavy atom. The van der Waals surface area contributed by atoms with E-state index in [0.717, 1.165) is 57.3 Å². The second kappa shape index (κ2) is 12.5. The Kier molecular flexibility index (Phi) is 8.48. The molecule has 45 heavy (non-hydrogen) atoms. The maximum atomic E-state index is 6.37. The minimum Gasteiger partial charge on any atom is -0.509 e. The van der Waals surface area contributed by atoms with E-state index in [2.05, 4.69) is 105 Å². The van der Waals surface area contributed by atoms with Crippen molar-refractivity contribution < 1.29 is 25.8 Å². The zero-order valence-corrected chi connectivity index (χ0v) is 28.4. The first-order chi connectivity index (χ1) is 21.4. The Balaban J connectivity index is 0.00000357. The van der Waals surface area contributed by atoms with E-state index >= 15 is 0 Å². The number of nitrogens with zero attached hydrogens (tertiary/aromatic N) is 4. The van der Waals surface area contributed by atoms with Crippen LogP contribution in [0.3, 0.4) is 0 Å². The molecule has 0 spiro atoms. The molecule has 3 aromatic heterocycles. The van der Waals surface area contributed by atoms with Gasteiger partial charge in [0, 0.05) is 35.0 Å². The molecule has 0 aliphatic heterocycles. The summed E-state index contributed by atoms with van der Waals surface area (Å²) in [7, 11) is 0. The van der Waals surface area contributed by atoms with Crippen molar-refractivity contribution in [3.8, 4) is 34.1 Å². The molecule has 0 N–H and O–H groups in total. The normalized spacial score (nSPS) is 11.2. The maximum Gasteiger partial charge on any atom is 2.00 e. The van der Waals surface area contributed by atoms with E-state index in [1.54, 1.807) is 0 Å². The first-order valence-corrected chi connectivity index (χ1v) is 15.2. The monoisotopic (exact) mass is 769 g/mol. The molecule has 0 bridgehead atoms. The van der Waals surface area contributed by atoms with Crippen molar-refractivity contribution in [3.63, 3.8) is 0 Å². The van der Waals surface area contributed by atoms with Crippen LogP contribution in [-0.4, -0.2) is 19.3 Å². The van der Waals surface area contributed by atoms with Gasteiger partial charge in [0.25, 0.3) is 0 Å². The number of rotatable bonds is 7. The van der Waals surface area contributed by atoms with Gasteiger partial charge >= 0.3 is 21.1 Å². The number of para-hydroxylation sites is 1. The van der Waals surface area contributed by atoms with E-state index in [4.69, 9.17) is 9.84 Å². The predicted molar refractivity (Wildman–Crippen MR) is 178 cm³/mol. The molecule has 6 heteroatoms. The molecule has 7 rings (SSSR count). The Morgan fingerprint density at radius 3 is 2.29 bits per heavy atom. The third-order valence-corrected chi connectivity index (χ3v) is 8.47. The molecule has 0 fully saturated rings. The van der Waals surface area contributed by atoms with Crippen molar-refractivity contribution in [1.29, 1.82) is 0 Å². The number of pyridine rings is 1. The molecule has 0 aliphatic carbocycles. The maximum absolute atomic E-state index is 6.37. The number of ether oxygens (including phenoxy) is 1. The summed E-state index contributed by atoms with van der Waals surface area (Å²) in [6, 6.07) is 31.7. The molecular weight excluding hydrogens is 736 g/mol. The van der Waals surface area contributed by atoms with Crippen molar-refractivity contribution in [2.45, 2.75) is 47.5 Å². The third-order valence-electron chi connectivity index (χ3n) is 8.47. The summed E-state index contributed by atoms with van der Waals surface area (Å²) in [5, 5.41) is 7.00. The van der Waals surface area contributed by atoms with E-state index in [1.807, 2.05) is 47.4 Å². The molecule has 226 valence electrons. The van der Waals surface area contributed by atoms with E-state index in [0.29, 0.717) is 11.5 Å². The fourth-order valence-corrected chi connectivity index (χ4v) is 6.48. The topological polar surface area (TPSA) is 44.9 Å². The van der Waals surface area contributed by atoms with Gasteiger partial charge in [-0.2, -0.15) is 17.2 Å². The van der Waals surface area contributed by atoms with E-state index in [-0.39, 0.29) is 21.1 Å². The summed E-state index contributed by atoms with van der Waals surface area (Å²) in [6.45, 7) is 10.9. The Labute approximate surface area is 278 Å². The van der Waals surface area contributed by atoms with Crippen molar-refractivity contribution in [3.05, 3.63) is 131 Å². The molecule has 0 radical (unpaired) electrons. The number of hydrogen-bond donors (Lipinski definition) is 0. The minimum atomic E-state index is 0. The molecule has 5 nitrogen and oxygen atoms in total. The van der Waals surface area contributed by atoms with Crippen LogP contribution in [0.1, 0.15) is 41.7 Å². The molecule has 0 atom stereocenters. The minimum absolute atomic E-state index is 0. The summed E-state index contributed by atoms with van der Waals surface area (Å²) < 4.78 is 10.4. The smallest absolute Gasteiger partial charge is 0.509 e.